The van der Waals surface area contributed by atoms with Gasteiger partial charge >= 0.3 is 0 Å². The lowest BCUT2D eigenvalue weighted by Crippen LogP contribution is -2.29. The summed E-state index contributed by atoms with van der Waals surface area (Å²) >= 11 is 0. The van der Waals surface area contributed by atoms with Gasteiger partial charge in [-0.3, -0.25) is 9.69 Å². The minimum atomic E-state index is -0.374. The van der Waals surface area contributed by atoms with Crippen LogP contribution in [0.4, 0.5) is 0 Å². The molecule has 2 N–H and O–H groups in total. The van der Waals surface area contributed by atoms with Crippen LogP contribution in [0.25, 0.3) is 0 Å². The molecule has 1 aromatic carbocycles. The van der Waals surface area contributed by atoms with Crippen molar-refractivity contribution in [2.75, 3.05) is 13.2 Å². The molecule has 124 valence electrons. The molecular weight excluding hydrogens is 292 g/mol. The second kappa shape index (κ2) is 7.94. The second-order valence-electron chi connectivity index (χ2n) is 5.94. The zero-order valence-corrected chi connectivity index (χ0v) is 13.6. The molecule has 0 saturated heterocycles. The number of rotatable bonds is 7. The van der Waals surface area contributed by atoms with Crippen LogP contribution < -0.4 is 5.43 Å². The predicted molar refractivity (Wildman–Crippen MR) is 90.4 cm³/mol. The Morgan fingerprint density at radius 3 is 2.48 bits per heavy atom. The van der Waals surface area contributed by atoms with Gasteiger partial charge in [-0.05, 0) is 19.4 Å². The van der Waals surface area contributed by atoms with Crippen LogP contribution in [0.2, 0.25) is 0 Å². The summed E-state index contributed by atoms with van der Waals surface area (Å²) in [7, 11) is 0. The Morgan fingerprint density at radius 1 is 1.17 bits per heavy atom. The van der Waals surface area contributed by atoms with Crippen molar-refractivity contribution >= 4 is 0 Å². The van der Waals surface area contributed by atoms with Gasteiger partial charge in [0.25, 0.3) is 0 Å². The normalized spacial score (nSPS) is 11.3. The molecule has 1 heterocycles. The van der Waals surface area contributed by atoms with Gasteiger partial charge in [-0.1, -0.05) is 30.3 Å². The zero-order valence-electron chi connectivity index (χ0n) is 13.6. The van der Waals surface area contributed by atoms with E-state index in [1.54, 1.807) is 0 Å². The van der Waals surface area contributed by atoms with Gasteiger partial charge in [0, 0.05) is 37.4 Å². The summed E-state index contributed by atoms with van der Waals surface area (Å²) in [5.41, 5.74) is 1.60. The van der Waals surface area contributed by atoms with E-state index in [1.165, 1.54) is 12.3 Å². The van der Waals surface area contributed by atoms with Crippen LogP contribution in [0.5, 0.6) is 5.75 Å². The summed E-state index contributed by atoms with van der Waals surface area (Å²) in [6.45, 7) is 5.79. The smallest absolute Gasteiger partial charge is 0.223 e. The molecule has 0 radical (unpaired) electrons. The number of aliphatic hydroxyl groups is 1. The van der Waals surface area contributed by atoms with E-state index in [2.05, 4.69) is 4.90 Å². The van der Waals surface area contributed by atoms with Gasteiger partial charge < -0.3 is 14.8 Å². The first-order chi connectivity index (χ1) is 11.0. The average molecular weight is 316 g/mol. The fraction of sp³-hybridized carbons (Fsp3) is 0.389. The second-order valence-corrected chi connectivity index (χ2v) is 5.94. The lowest BCUT2D eigenvalue weighted by atomic mass is 10.2. The SMILES string of the molecule is CC(C)n1cc(O)c(=O)cc1CN(CCO)Cc1ccccc1. The molecule has 5 nitrogen and oxygen atoms in total. The summed E-state index contributed by atoms with van der Waals surface area (Å²) in [4.78, 5) is 13.9. The molecule has 23 heavy (non-hydrogen) atoms. The average Bonchev–Trinajstić information content (AvgIpc) is 2.51. The molecule has 0 aliphatic rings. The highest BCUT2D eigenvalue weighted by Crippen LogP contribution is 2.15. The molecule has 5 heteroatoms. The lowest BCUT2D eigenvalue weighted by Gasteiger charge is -2.25. The molecule has 0 saturated carbocycles. The number of aromatic nitrogens is 1. The minimum absolute atomic E-state index is 0.0524. The fourth-order valence-electron chi connectivity index (χ4n) is 2.61. The van der Waals surface area contributed by atoms with E-state index in [-0.39, 0.29) is 23.8 Å². The molecule has 1 aromatic heterocycles. The number of benzene rings is 1. The predicted octanol–water partition coefficient (Wildman–Crippen LogP) is 2.13. The van der Waals surface area contributed by atoms with Crippen LogP contribution in [-0.2, 0) is 13.1 Å². The summed E-state index contributed by atoms with van der Waals surface area (Å²) in [5.74, 6) is -0.237. The summed E-state index contributed by atoms with van der Waals surface area (Å²) in [6, 6.07) is 11.6. The maximum Gasteiger partial charge on any atom is 0.223 e. The van der Waals surface area contributed by atoms with Crippen molar-refractivity contribution in [3.05, 3.63) is 64.1 Å². The largest absolute Gasteiger partial charge is 0.503 e. The quantitative estimate of drug-likeness (QED) is 0.821. The van der Waals surface area contributed by atoms with Gasteiger partial charge in [0.15, 0.2) is 5.75 Å². The Labute approximate surface area is 136 Å². The molecule has 0 spiro atoms. The van der Waals surface area contributed by atoms with Crippen LogP contribution in [0.1, 0.15) is 31.1 Å². The molecule has 0 amide bonds. The van der Waals surface area contributed by atoms with Crippen LogP contribution in [-0.4, -0.2) is 32.8 Å². The zero-order chi connectivity index (χ0) is 16.8. The number of aromatic hydroxyl groups is 1. The first-order valence-corrected chi connectivity index (χ1v) is 7.82. The molecule has 0 fully saturated rings. The highest BCUT2D eigenvalue weighted by Gasteiger charge is 2.13. The van der Waals surface area contributed by atoms with Crippen molar-refractivity contribution in [1.29, 1.82) is 0 Å². The number of hydrogen-bond acceptors (Lipinski definition) is 4. The third kappa shape index (κ3) is 4.68. The molecule has 2 rings (SSSR count). The van der Waals surface area contributed by atoms with Crippen LogP contribution in [0.15, 0.2) is 47.4 Å². The summed E-state index contributed by atoms with van der Waals surface area (Å²) in [5, 5.41) is 19.0. The van der Waals surface area contributed by atoms with Gasteiger partial charge in [-0.2, -0.15) is 0 Å². The highest BCUT2D eigenvalue weighted by atomic mass is 16.3. The number of aliphatic hydroxyl groups excluding tert-OH is 1. The van der Waals surface area contributed by atoms with Gasteiger partial charge in [-0.15, -0.1) is 0 Å². The Morgan fingerprint density at radius 2 is 1.87 bits per heavy atom. The number of pyridine rings is 1. The minimum Gasteiger partial charge on any atom is -0.503 e. The van der Waals surface area contributed by atoms with E-state index < -0.39 is 0 Å². The van der Waals surface area contributed by atoms with E-state index in [9.17, 15) is 15.0 Å². The number of nitrogens with zero attached hydrogens (tertiary/aromatic N) is 2. The van der Waals surface area contributed by atoms with Crippen molar-refractivity contribution in [2.24, 2.45) is 0 Å². The van der Waals surface area contributed by atoms with Gasteiger partial charge in [0.2, 0.25) is 5.43 Å². The first-order valence-electron chi connectivity index (χ1n) is 7.82. The molecule has 0 bridgehead atoms. The molecule has 2 aromatic rings. The maximum absolute atomic E-state index is 11.8. The Balaban J connectivity index is 2.26. The Bertz CT molecular complexity index is 680. The van der Waals surface area contributed by atoms with E-state index in [1.807, 2.05) is 48.7 Å². The van der Waals surface area contributed by atoms with Crippen molar-refractivity contribution in [2.45, 2.75) is 33.0 Å². The lowest BCUT2D eigenvalue weighted by molar-refractivity contribution is 0.180. The molecule has 0 unspecified atom stereocenters. The topological polar surface area (TPSA) is 65.7 Å². The third-order valence-corrected chi connectivity index (χ3v) is 3.75. The van der Waals surface area contributed by atoms with Crippen molar-refractivity contribution in [3.8, 4) is 5.75 Å². The fourth-order valence-corrected chi connectivity index (χ4v) is 2.61. The van der Waals surface area contributed by atoms with Gasteiger partial charge in [-0.25, -0.2) is 0 Å². The molecule has 0 aliphatic heterocycles. The molecule has 0 atom stereocenters. The van der Waals surface area contributed by atoms with E-state index in [4.69, 9.17) is 0 Å². The van der Waals surface area contributed by atoms with Crippen molar-refractivity contribution in [1.82, 2.24) is 9.47 Å². The summed E-state index contributed by atoms with van der Waals surface area (Å²) < 4.78 is 1.89. The maximum atomic E-state index is 11.8. The van der Waals surface area contributed by atoms with Gasteiger partial charge in [0.05, 0.1) is 12.8 Å². The standard InChI is InChI=1S/C18H24N2O3/c1-14(2)20-13-18(23)17(22)10-16(20)12-19(8-9-21)11-15-6-4-3-5-7-15/h3-7,10,13-14,21,23H,8-9,11-12H2,1-2H3. The summed E-state index contributed by atoms with van der Waals surface area (Å²) in [6.07, 6.45) is 1.49. The van der Waals surface area contributed by atoms with Crippen LogP contribution >= 0.6 is 0 Å². The van der Waals surface area contributed by atoms with Gasteiger partial charge in [0.1, 0.15) is 0 Å². The van der Waals surface area contributed by atoms with Crippen molar-refractivity contribution in [3.63, 3.8) is 0 Å². The van der Waals surface area contributed by atoms with Crippen LogP contribution in [0, 0.1) is 0 Å². The van der Waals surface area contributed by atoms with E-state index in [0.29, 0.717) is 19.6 Å². The van der Waals surface area contributed by atoms with E-state index in [0.717, 1.165) is 11.3 Å². The van der Waals surface area contributed by atoms with Crippen molar-refractivity contribution < 1.29 is 10.2 Å². The first kappa shape index (κ1) is 17.2. The molecule has 0 aliphatic carbocycles. The Kier molecular flexibility index (Phi) is 5.96. The van der Waals surface area contributed by atoms with E-state index >= 15 is 0 Å². The Hall–Kier alpha value is -2.11. The van der Waals surface area contributed by atoms with Crippen LogP contribution in [0.3, 0.4) is 0 Å². The monoisotopic (exact) mass is 316 g/mol. The number of hydrogen-bond donors (Lipinski definition) is 2. The highest BCUT2D eigenvalue weighted by molar-refractivity contribution is 5.21. The third-order valence-electron chi connectivity index (χ3n) is 3.75. The molecular formula is C18H24N2O3.